The quantitative estimate of drug-likeness (QED) is 0.450. The maximum atomic E-state index is 12.7. The van der Waals surface area contributed by atoms with Gasteiger partial charge >= 0.3 is 12.0 Å². The molecule has 1 heterocycles. The lowest BCUT2D eigenvalue weighted by Gasteiger charge is -2.30. The van der Waals surface area contributed by atoms with Gasteiger partial charge in [0.05, 0.1) is 13.0 Å². The number of nitrogens with one attached hydrogen (secondary N) is 1. The summed E-state index contributed by atoms with van der Waals surface area (Å²) in [5.74, 6) is 0.429. The molecule has 146 valence electrons. The second-order valence-electron chi connectivity index (χ2n) is 7.07. The summed E-state index contributed by atoms with van der Waals surface area (Å²) in [4.78, 5) is 38.1. The number of hydrogen-bond donors (Lipinski definition) is 1. The molecule has 27 heavy (non-hydrogen) atoms. The highest BCUT2D eigenvalue weighted by Crippen LogP contribution is 2.33. The van der Waals surface area contributed by atoms with E-state index in [0.29, 0.717) is 30.9 Å². The summed E-state index contributed by atoms with van der Waals surface area (Å²) in [6.45, 7) is 2.69. The molecule has 0 unspecified atom stereocenters. The normalized spacial score (nSPS) is 18.5. The maximum Gasteiger partial charge on any atom is 0.325 e. The van der Waals surface area contributed by atoms with Crippen LogP contribution in [0.3, 0.4) is 0 Å². The number of benzene rings is 1. The van der Waals surface area contributed by atoms with E-state index in [0.717, 1.165) is 30.6 Å². The first-order chi connectivity index (χ1) is 13.0. The zero-order valence-corrected chi connectivity index (χ0v) is 15.7. The first kappa shape index (κ1) is 19.2. The molecule has 7 nitrogen and oxygen atoms in total. The molecule has 2 aliphatic rings. The van der Waals surface area contributed by atoms with E-state index in [-0.39, 0.29) is 18.9 Å². The standard InChI is InChI=1S/C20H26N2O5/c1-2-14-26-15-6-8-16(9-7-15)27-17(23)10-13-22-18(24)20(21-19(22)25)11-4-3-5-12-20/h6-9H,2-5,10-14H2,1H3,(H,21,25). The van der Waals surface area contributed by atoms with Crippen molar-refractivity contribution in [2.75, 3.05) is 13.2 Å². The highest BCUT2D eigenvalue weighted by atomic mass is 16.5. The van der Waals surface area contributed by atoms with Crippen LogP contribution in [0.1, 0.15) is 51.9 Å². The number of urea groups is 1. The van der Waals surface area contributed by atoms with E-state index in [2.05, 4.69) is 5.32 Å². The van der Waals surface area contributed by atoms with E-state index in [1.54, 1.807) is 24.3 Å². The lowest BCUT2D eigenvalue weighted by molar-refractivity contribution is -0.136. The third-order valence-corrected chi connectivity index (χ3v) is 5.02. The molecule has 1 spiro atoms. The van der Waals surface area contributed by atoms with Gasteiger partial charge in [-0.25, -0.2) is 4.79 Å². The number of esters is 1. The average Bonchev–Trinajstić information content (AvgIpc) is 2.89. The van der Waals surface area contributed by atoms with Gasteiger partial charge < -0.3 is 14.8 Å². The first-order valence-corrected chi connectivity index (χ1v) is 9.62. The second kappa shape index (κ2) is 8.41. The fourth-order valence-electron chi connectivity index (χ4n) is 3.58. The summed E-state index contributed by atoms with van der Waals surface area (Å²) < 4.78 is 10.8. The van der Waals surface area contributed by atoms with Gasteiger partial charge in [-0.3, -0.25) is 14.5 Å². The monoisotopic (exact) mass is 374 g/mol. The number of amides is 3. The summed E-state index contributed by atoms with van der Waals surface area (Å²) in [5, 5.41) is 2.84. The molecule has 1 N–H and O–H groups in total. The van der Waals surface area contributed by atoms with E-state index in [9.17, 15) is 14.4 Å². The fourth-order valence-corrected chi connectivity index (χ4v) is 3.58. The Morgan fingerprint density at radius 3 is 2.44 bits per heavy atom. The summed E-state index contributed by atoms with van der Waals surface area (Å²) in [5.41, 5.74) is -0.756. The van der Waals surface area contributed by atoms with Crippen molar-refractivity contribution in [1.29, 1.82) is 0 Å². The molecular formula is C20H26N2O5. The molecule has 3 amide bonds. The van der Waals surface area contributed by atoms with Crippen LogP contribution >= 0.6 is 0 Å². The minimum atomic E-state index is -0.756. The lowest BCUT2D eigenvalue weighted by Crippen LogP contribution is -2.48. The van der Waals surface area contributed by atoms with Crippen LogP contribution < -0.4 is 14.8 Å². The van der Waals surface area contributed by atoms with Gasteiger partial charge in [0.25, 0.3) is 5.91 Å². The van der Waals surface area contributed by atoms with Crippen molar-refractivity contribution in [2.24, 2.45) is 0 Å². The predicted molar refractivity (Wildman–Crippen MR) is 98.5 cm³/mol. The van der Waals surface area contributed by atoms with Crippen LogP contribution in [-0.4, -0.2) is 41.5 Å². The van der Waals surface area contributed by atoms with Crippen LogP contribution in [0.5, 0.6) is 11.5 Å². The first-order valence-electron chi connectivity index (χ1n) is 9.62. The molecule has 0 radical (unpaired) electrons. The molecule has 1 saturated heterocycles. The molecule has 2 fully saturated rings. The number of hydrogen-bond acceptors (Lipinski definition) is 5. The summed E-state index contributed by atoms with van der Waals surface area (Å²) in [6.07, 6.45) is 5.17. The van der Waals surface area contributed by atoms with Crippen molar-refractivity contribution < 1.29 is 23.9 Å². The van der Waals surface area contributed by atoms with E-state index >= 15 is 0 Å². The topological polar surface area (TPSA) is 84.9 Å². The van der Waals surface area contributed by atoms with Crippen LogP contribution in [0.2, 0.25) is 0 Å². The van der Waals surface area contributed by atoms with Crippen molar-refractivity contribution in [3.63, 3.8) is 0 Å². The molecule has 1 saturated carbocycles. The predicted octanol–water partition coefficient (Wildman–Crippen LogP) is 3.03. The lowest BCUT2D eigenvalue weighted by atomic mass is 9.82. The van der Waals surface area contributed by atoms with E-state index in [4.69, 9.17) is 9.47 Å². The Kier molecular flexibility index (Phi) is 5.98. The van der Waals surface area contributed by atoms with Gasteiger partial charge in [-0.1, -0.05) is 26.2 Å². The number of rotatable bonds is 7. The largest absolute Gasteiger partial charge is 0.494 e. The molecule has 1 aromatic rings. The average molecular weight is 374 g/mol. The number of carbonyl (C=O) groups excluding carboxylic acids is 3. The van der Waals surface area contributed by atoms with E-state index < -0.39 is 17.5 Å². The van der Waals surface area contributed by atoms with Crippen molar-refractivity contribution >= 4 is 17.9 Å². The van der Waals surface area contributed by atoms with Crippen LogP contribution in [0.4, 0.5) is 4.79 Å². The second-order valence-corrected chi connectivity index (χ2v) is 7.07. The van der Waals surface area contributed by atoms with Crippen molar-refractivity contribution in [1.82, 2.24) is 10.2 Å². The minimum absolute atomic E-state index is 0.0307. The molecular weight excluding hydrogens is 348 g/mol. The SMILES string of the molecule is CCCOc1ccc(OC(=O)CCN2C(=O)NC3(CCCCC3)C2=O)cc1. The van der Waals surface area contributed by atoms with Crippen LogP contribution in [0.25, 0.3) is 0 Å². The third kappa shape index (κ3) is 4.40. The van der Waals surface area contributed by atoms with Crippen molar-refractivity contribution in [3.05, 3.63) is 24.3 Å². The Bertz CT molecular complexity index is 695. The Morgan fingerprint density at radius 1 is 1.11 bits per heavy atom. The minimum Gasteiger partial charge on any atom is -0.494 e. The molecule has 3 rings (SSSR count). The fraction of sp³-hybridized carbons (Fsp3) is 0.550. The zero-order chi connectivity index (χ0) is 19.3. The van der Waals surface area contributed by atoms with Gasteiger partial charge in [-0.2, -0.15) is 0 Å². The van der Waals surface area contributed by atoms with Gasteiger partial charge in [-0.15, -0.1) is 0 Å². The molecule has 7 heteroatoms. The maximum absolute atomic E-state index is 12.7. The number of imide groups is 1. The van der Waals surface area contributed by atoms with Crippen LogP contribution in [-0.2, 0) is 9.59 Å². The van der Waals surface area contributed by atoms with Gasteiger partial charge in [0.1, 0.15) is 17.0 Å². The molecule has 0 bridgehead atoms. The highest BCUT2D eigenvalue weighted by molar-refractivity contribution is 6.07. The van der Waals surface area contributed by atoms with Crippen molar-refractivity contribution in [3.8, 4) is 11.5 Å². The molecule has 0 atom stereocenters. The highest BCUT2D eigenvalue weighted by Gasteiger charge is 2.51. The van der Waals surface area contributed by atoms with E-state index in [1.807, 2.05) is 6.92 Å². The third-order valence-electron chi connectivity index (χ3n) is 5.02. The number of nitrogens with zero attached hydrogens (tertiary/aromatic N) is 1. The Hall–Kier alpha value is -2.57. The summed E-state index contributed by atoms with van der Waals surface area (Å²) in [6, 6.07) is 6.39. The molecule has 1 aliphatic heterocycles. The van der Waals surface area contributed by atoms with Gasteiger partial charge in [-0.05, 0) is 43.5 Å². The van der Waals surface area contributed by atoms with Gasteiger partial charge in [0.15, 0.2) is 0 Å². The molecule has 0 aromatic heterocycles. The van der Waals surface area contributed by atoms with Crippen molar-refractivity contribution in [2.45, 2.75) is 57.4 Å². The van der Waals surface area contributed by atoms with Crippen LogP contribution in [0, 0.1) is 0 Å². The zero-order valence-electron chi connectivity index (χ0n) is 15.7. The van der Waals surface area contributed by atoms with Gasteiger partial charge in [0.2, 0.25) is 0 Å². The van der Waals surface area contributed by atoms with Crippen LogP contribution in [0.15, 0.2) is 24.3 Å². The smallest absolute Gasteiger partial charge is 0.325 e. The Labute approximate surface area is 159 Å². The number of carbonyl (C=O) groups is 3. The van der Waals surface area contributed by atoms with Gasteiger partial charge in [0, 0.05) is 6.54 Å². The summed E-state index contributed by atoms with van der Waals surface area (Å²) in [7, 11) is 0. The molecule has 1 aliphatic carbocycles. The Morgan fingerprint density at radius 2 is 1.78 bits per heavy atom. The number of ether oxygens (including phenoxy) is 2. The summed E-state index contributed by atoms with van der Waals surface area (Å²) >= 11 is 0. The van der Waals surface area contributed by atoms with E-state index in [1.165, 1.54) is 0 Å². The Balaban J connectivity index is 1.50. The molecule has 1 aromatic carbocycles.